The summed E-state index contributed by atoms with van der Waals surface area (Å²) in [5.41, 5.74) is 1.69. The predicted molar refractivity (Wildman–Crippen MR) is 108 cm³/mol. The normalized spacial score (nSPS) is 17.6. The van der Waals surface area contributed by atoms with E-state index in [4.69, 9.17) is 11.6 Å². The number of rotatable bonds is 4. The molecule has 1 amide bonds. The molecule has 1 fully saturated rings. The van der Waals surface area contributed by atoms with Gasteiger partial charge in [-0.3, -0.25) is 9.52 Å². The number of carbonyl (C=O) groups is 1. The number of nitrogens with one attached hydrogen (secondary N) is 1. The molecule has 1 N–H and O–H groups in total. The number of sulfonamides is 1. The van der Waals surface area contributed by atoms with E-state index in [9.17, 15) is 13.2 Å². The lowest BCUT2D eigenvalue weighted by molar-refractivity contribution is 0.0683. The van der Waals surface area contributed by atoms with E-state index in [2.05, 4.69) is 11.6 Å². The third kappa shape index (κ3) is 4.62. The van der Waals surface area contributed by atoms with Crippen molar-refractivity contribution in [3.63, 3.8) is 0 Å². The highest BCUT2D eigenvalue weighted by molar-refractivity contribution is 7.92. The molecule has 144 valence electrons. The third-order valence-corrected chi connectivity index (χ3v) is 6.44. The first-order chi connectivity index (χ1) is 12.8. The number of anilines is 1. The molecule has 0 radical (unpaired) electrons. The summed E-state index contributed by atoms with van der Waals surface area (Å²) in [5.74, 6) is 0.363. The fraction of sp³-hybridized carbons (Fsp3) is 0.350. The minimum absolute atomic E-state index is 0.112. The Kier molecular flexibility index (Phi) is 5.77. The van der Waals surface area contributed by atoms with Crippen molar-refractivity contribution in [2.24, 2.45) is 5.92 Å². The second kappa shape index (κ2) is 7.90. The van der Waals surface area contributed by atoms with Crippen LogP contribution in [0.2, 0.25) is 5.02 Å². The van der Waals surface area contributed by atoms with Crippen LogP contribution in [0.15, 0.2) is 47.4 Å². The molecule has 1 aliphatic rings. The van der Waals surface area contributed by atoms with Gasteiger partial charge in [0.25, 0.3) is 15.9 Å². The fourth-order valence-corrected chi connectivity index (χ4v) is 4.54. The van der Waals surface area contributed by atoms with E-state index < -0.39 is 10.0 Å². The summed E-state index contributed by atoms with van der Waals surface area (Å²) >= 11 is 6.29. The van der Waals surface area contributed by atoms with Gasteiger partial charge in [0.2, 0.25) is 0 Å². The summed E-state index contributed by atoms with van der Waals surface area (Å²) in [4.78, 5) is 14.7. The molecular weight excluding hydrogens is 384 g/mol. The van der Waals surface area contributed by atoms with Gasteiger partial charge in [0.05, 0.1) is 21.2 Å². The second-order valence-corrected chi connectivity index (χ2v) is 9.20. The summed E-state index contributed by atoms with van der Waals surface area (Å²) in [7, 11) is -3.71. The molecule has 5 nitrogen and oxygen atoms in total. The van der Waals surface area contributed by atoms with Crippen LogP contribution in [0.3, 0.4) is 0 Å². The van der Waals surface area contributed by atoms with Crippen LogP contribution >= 0.6 is 11.6 Å². The predicted octanol–water partition coefficient (Wildman–Crippen LogP) is 4.32. The summed E-state index contributed by atoms with van der Waals surface area (Å²) in [6, 6.07) is 11.2. The van der Waals surface area contributed by atoms with Crippen molar-refractivity contribution in [1.82, 2.24) is 4.90 Å². The molecule has 2 aromatic rings. The Hall–Kier alpha value is -2.05. The molecule has 3 rings (SSSR count). The van der Waals surface area contributed by atoms with E-state index in [0.29, 0.717) is 17.2 Å². The average molecular weight is 407 g/mol. The highest BCUT2D eigenvalue weighted by Crippen LogP contribution is 2.26. The van der Waals surface area contributed by atoms with Gasteiger partial charge < -0.3 is 4.90 Å². The number of aryl methyl sites for hydroxylation is 1. The maximum Gasteiger partial charge on any atom is 0.261 e. The topological polar surface area (TPSA) is 66.5 Å². The van der Waals surface area contributed by atoms with E-state index in [0.717, 1.165) is 31.5 Å². The molecule has 0 unspecified atom stereocenters. The Morgan fingerprint density at radius 2 is 1.89 bits per heavy atom. The monoisotopic (exact) mass is 406 g/mol. The quantitative estimate of drug-likeness (QED) is 0.822. The minimum atomic E-state index is -3.71. The average Bonchev–Trinajstić information content (AvgIpc) is 2.61. The summed E-state index contributed by atoms with van der Waals surface area (Å²) < 4.78 is 27.5. The van der Waals surface area contributed by atoms with Gasteiger partial charge in [0.1, 0.15) is 0 Å². The number of benzene rings is 2. The lowest BCUT2D eigenvalue weighted by atomic mass is 9.99. The lowest BCUT2D eigenvalue weighted by Gasteiger charge is -2.31. The Bertz CT molecular complexity index is 942. The van der Waals surface area contributed by atoms with Crippen molar-refractivity contribution in [1.29, 1.82) is 0 Å². The number of halogens is 1. The highest BCUT2D eigenvalue weighted by atomic mass is 35.5. The number of likely N-dealkylation sites (tertiary alicyclic amines) is 1. The fourth-order valence-electron chi connectivity index (χ4n) is 3.23. The van der Waals surface area contributed by atoms with Crippen LogP contribution in [0.25, 0.3) is 0 Å². The first kappa shape index (κ1) is 19.7. The van der Waals surface area contributed by atoms with Crippen LogP contribution in [0.4, 0.5) is 5.69 Å². The molecule has 27 heavy (non-hydrogen) atoms. The van der Waals surface area contributed by atoms with Crippen LogP contribution in [0.1, 0.15) is 35.7 Å². The van der Waals surface area contributed by atoms with Gasteiger partial charge in [-0.2, -0.15) is 0 Å². The van der Waals surface area contributed by atoms with Crippen molar-refractivity contribution in [2.75, 3.05) is 17.8 Å². The largest absolute Gasteiger partial charge is 0.338 e. The molecule has 2 aromatic carbocycles. The van der Waals surface area contributed by atoms with Crippen LogP contribution in [-0.2, 0) is 10.0 Å². The Balaban J connectivity index is 1.78. The number of hydrogen-bond donors (Lipinski definition) is 1. The number of nitrogens with zero attached hydrogens (tertiary/aromatic N) is 1. The van der Waals surface area contributed by atoms with Gasteiger partial charge in [-0.15, -0.1) is 0 Å². The Morgan fingerprint density at radius 1 is 1.19 bits per heavy atom. The molecule has 1 saturated heterocycles. The zero-order chi connectivity index (χ0) is 19.6. The van der Waals surface area contributed by atoms with Crippen LogP contribution in [-0.4, -0.2) is 32.3 Å². The first-order valence-corrected chi connectivity index (χ1v) is 10.8. The second-order valence-electron chi connectivity index (χ2n) is 7.11. The number of hydrogen-bond acceptors (Lipinski definition) is 3. The van der Waals surface area contributed by atoms with E-state index >= 15 is 0 Å². The number of amides is 1. The van der Waals surface area contributed by atoms with E-state index in [-0.39, 0.29) is 15.8 Å². The SMILES string of the molecule is Cc1ccc(S(=O)(=O)Nc2ccc(C(=O)N3CCC[C@@H](C)C3)c(Cl)c2)cc1. The minimum Gasteiger partial charge on any atom is -0.338 e. The van der Waals surface area contributed by atoms with Gasteiger partial charge in [-0.1, -0.05) is 36.2 Å². The maximum atomic E-state index is 12.7. The zero-order valence-electron chi connectivity index (χ0n) is 15.4. The number of piperidine rings is 1. The summed E-state index contributed by atoms with van der Waals surface area (Å²) in [6.45, 7) is 5.46. The molecular formula is C20H23ClN2O3S. The van der Waals surface area contributed by atoms with E-state index in [1.807, 2.05) is 11.8 Å². The van der Waals surface area contributed by atoms with E-state index in [1.165, 1.54) is 6.07 Å². The molecule has 0 aliphatic carbocycles. The molecule has 0 spiro atoms. The zero-order valence-corrected chi connectivity index (χ0v) is 17.0. The van der Waals surface area contributed by atoms with Crippen molar-refractivity contribution < 1.29 is 13.2 Å². The van der Waals surface area contributed by atoms with Gasteiger partial charge in [0, 0.05) is 13.1 Å². The smallest absolute Gasteiger partial charge is 0.261 e. The number of carbonyl (C=O) groups excluding carboxylic acids is 1. The van der Waals surface area contributed by atoms with Crippen molar-refractivity contribution in [3.8, 4) is 0 Å². The molecule has 0 saturated carbocycles. The highest BCUT2D eigenvalue weighted by Gasteiger charge is 2.24. The van der Waals surface area contributed by atoms with Crippen LogP contribution in [0, 0.1) is 12.8 Å². The molecule has 1 heterocycles. The van der Waals surface area contributed by atoms with Crippen molar-refractivity contribution in [2.45, 2.75) is 31.6 Å². The summed E-state index contributed by atoms with van der Waals surface area (Å²) in [5, 5.41) is 0.238. The molecule has 0 aromatic heterocycles. The van der Waals surface area contributed by atoms with Gasteiger partial charge in [-0.25, -0.2) is 8.42 Å². The molecule has 7 heteroatoms. The van der Waals surface area contributed by atoms with Crippen LogP contribution < -0.4 is 4.72 Å². The molecule has 1 atom stereocenters. The lowest BCUT2D eigenvalue weighted by Crippen LogP contribution is -2.39. The Morgan fingerprint density at radius 3 is 2.52 bits per heavy atom. The van der Waals surface area contributed by atoms with Gasteiger partial charge in [-0.05, 0) is 56.0 Å². The Labute approximate surface area is 165 Å². The standard InChI is InChI=1S/C20H23ClN2O3S/c1-14-5-8-17(9-6-14)27(25,26)22-16-7-10-18(19(21)12-16)20(24)23-11-3-4-15(2)13-23/h5-10,12,15,22H,3-4,11,13H2,1-2H3/t15-/m1/s1. The van der Waals surface area contributed by atoms with E-state index in [1.54, 1.807) is 36.4 Å². The van der Waals surface area contributed by atoms with Crippen LogP contribution in [0.5, 0.6) is 0 Å². The van der Waals surface area contributed by atoms with Gasteiger partial charge >= 0.3 is 0 Å². The first-order valence-electron chi connectivity index (χ1n) is 8.94. The van der Waals surface area contributed by atoms with Gasteiger partial charge in [0.15, 0.2) is 0 Å². The third-order valence-electron chi connectivity index (χ3n) is 4.73. The van der Waals surface area contributed by atoms with Crippen molar-refractivity contribution in [3.05, 3.63) is 58.6 Å². The maximum absolute atomic E-state index is 12.7. The van der Waals surface area contributed by atoms with Crippen molar-refractivity contribution >= 4 is 33.2 Å². The summed E-state index contributed by atoms with van der Waals surface area (Å²) in [6.07, 6.45) is 2.11. The molecule has 0 bridgehead atoms. The molecule has 1 aliphatic heterocycles.